The summed E-state index contributed by atoms with van der Waals surface area (Å²) < 4.78 is 23.3. The predicted molar refractivity (Wildman–Crippen MR) is 69.1 cm³/mol. The van der Waals surface area contributed by atoms with Crippen molar-refractivity contribution in [2.75, 3.05) is 24.7 Å². The smallest absolute Gasteiger partial charge is 0.177 e. The minimum atomic E-state index is -3.26. The second-order valence-corrected chi connectivity index (χ2v) is 6.89. The molecule has 4 nitrogen and oxygen atoms in total. The normalized spacial score (nSPS) is 12.5. The maximum absolute atomic E-state index is 11.6. The Morgan fingerprint density at radius 3 is 2.29 bits per heavy atom. The van der Waals surface area contributed by atoms with E-state index < -0.39 is 15.4 Å². The van der Waals surface area contributed by atoms with Crippen LogP contribution < -0.4 is 4.90 Å². The molecule has 0 heterocycles. The van der Waals surface area contributed by atoms with E-state index in [1.165, 1.54) is 6.26 Å². The summed E-state index contributed by atoms with van der Waals surface area (Å²) in [4.78, 5) is 2.03. The molecule has 0 amide bonds. The van der Waals surface area contributed by atoms with Crippen LogP contribution in [0.4, 0.5) is 5.69 Å². The molecule has 0 aliphatic carbocycles. The average Bonchev–Trinajstić information content (AvgIpc) is 2.13. The fraction of sp³-hybridized carbons (Fsp3) is 0.500. The number of sulfone groups is 1. The molecule has 0 saturated heterocycles. The fourth-order valence-corrected chi connectivity index (χ4v) is 2.68. The van der Waals surface area contributed by atoms with Gasteiger partial charge in [-0.15, -0.1) is 0 Å². The van der Waals surface area contributed by atoms with Crippen LogP contribution in [0.25, 0.3) is 0 Å². The molecule has 0 unspecified atom stereocenters. The highest BCUT2D eigenvalue weighted by atomic mass is 32.2. The van der Waals surface area contributed by atoms with Crippen molar-refractivity contribution in [1.82, 2.24) is 0 Å². The third-order valence-corrected chi connectivity index (χ3v) is 3.44. The van der Waals surface area contributed by atoms with E-state index in [1.54, 1.807) is 50.1 Å². The molecule has 0 aliphatic rings. The van der Waals surface area contributed by atoms with Crippen molar-refractivity contribution >= 4 is 15.5 Å². The van der Waals surface area contributed by atoms with Crippen molar-refractivity contribution in [2.45, 2.75) is 24.3 Å². The molecule has 0 bridgehead atoms. The number of hydrogen-bond acceptors (Lipinski definition) is 4. The third kappa shape index (κ3) is 4.02. The van der Waals surface area contributed by atoms with E-state index in [0.29, 0.717) is 12.2 Å². The zero-order chi connectivity index (χ0) is 13.3. The van der Waals surface area contributed by atoms with Gasteiger partial charge in [-0.2, -0.15) is 0 Å². The van der Waals surface area contributed by atoms with Crippen LogP contribution in [-0.4, -0.2) is 39.0 Å². The topological polar surface area (TPSA) is 57.6 Å². The first kappa shape index (κ1) is 14.0. The zero-order valence-electron chi connectivity index (χ0n) is 10.6. The van der Waals surface area contributed by atoms with Gasteiger partial charge in [-0.05, 0) is 26.0 Å². The maximum Gasteiger partial charge on any atom is 0.177 e. The Morgan fingerprint density at radius 2 is 1.82 bits per heavy atom. The van der Waals surface area contributed by atoms with Gasteiger partial charge >= 0.3 is 0 Å². The van der Waals surface area contributed by atoms with E-state index in [2.05, 4.69) is 0 Å². The molecule has 1 N–H and O–H groups in total. The molecule has 1 rings (SSSR count). The summed E-state index contributed by atoms with van der Waals surface area (Å²) in [6.45, 7) is 3.73. The Kier molecular flexibility index (Phi) is 3.84. The average molecular weight is 257 g/mol. The molecule has 0 aromatic heterocycles. The van der Waals surface area contributed by atoms with Gasteiger partial charge in [-0.25, -0.2) is 8.42 Å². The van der Waals surface area contributed by atoms with Crippen LogP contribution in [0.3, 0.4) is 0 Å². The first-order valence-corrected chi connectivity index (χ1v) is 7.23. The molecular weight excluding hydrogens is 238 g/mol. The summed E-state index contributed by atoms with van der Waals surface area (Å²) in [7, 11) is -1.49. The number of benzene rings is 1. The standard InChI is InChI=1S/C12H19NO3S/c1-12(2,14)9-13(3)10-7-5-6-8-11(10)17(4,15)16/h5-8,14H,9H2,1-4H3. The predicted octanol–water partition coefficient (Wildman–Crippen LogP) is 1.30. The lowest BCUT2D eigenvalue weighted by Gasteiger charge is -2.28. The summed E-state index contributed by atoms with van der Waals surface area (Å²) in [5.74, 6) is 0. The van der Waals surface area contributed by atoms with Crippen LogP contribution in [0.1, 0.15) is 13.8 Å². The highest BCUT2D eigenvalue weighted by molar-refractivity contribution is 7.90. The molecule has 17 heavy (non-hydrogen) atoms. The Balaban J connectivity index is 3.15. The van der Waals surface area contributed by atoms with Crippen LogP contribution >= 0.6 is 0 Å². The van der Waals surface area contributed by atoms with Crippen LogP contribution in [0.5, 0.6) is 0 Å². The van der Waals surface area contributed by atoms with Crippen molar-refractivity contribution in [3.8, 4) is 0 Å². The van der Waals surface area contributed by atoms with E-state index in [0.717, 1.165) is 0 Å². The lowest BCUT2D eigenvalue weighted by molar-refractivity contribution is 0.0885. The second kappa shape index (κ2) is 4.66. The first-order valence-electron chi connectivity index (χ1n) is 5.34. The number of rotatable bonds is 4. The number of hydrogen-bond donors (Lipinski definition) is 1. The maximum atomic E-state index is 11.6. The van der Waals surface area contributed by atoms with Gasteiger partial charge in [-0.1, -0.05) is 12.1 Å². The third-order valence-electron chi connectivity index (χ3n) is 2.30. The summed E-state index contributed by atoms with van der Waals surface area (Å²) in [6, 6.07) is 6.79. The van der Waals surface area contributed by atoms with Gasteiger partial charge in [-0.3, -0.25) is 0 Å². The van der Waals surface area contributed by atoms with Crippen molar-refractivity contribution in [2.24, 2.45) is 0 Å². The molecule has 1 aromatic carbocycles. The van der Waals surface area contributed by atoms with Crippen LogP contribution in [-0.2, 0) is 9.84 Å². The number of likely N-dealkylation sites (N-methyl/N-ethyl adjacent to an activating group) is 1. The van der Waals surface area contributed by atoms with E-state index >= 15 is 0 Å². The van der Waals surface area contributed by atoms with Gasteiger partial charge in [0.2, 0.25) is 0 Å². The van der Waals surface area contributed by atoms with E-state index in [9.17, 15) is 13.5 Å². The van der Waals surface area contributed by atoms with Crippen molar-refractivity contribution < 1.29 is 13.5 Å². The number of aliphatic hydroxyl groups is 1. The summed E-state index contributed by atoms with van der Waals surface area (Å²) in [5, 5.41) is 9.75. The SMILES string of the molecule is CN(CC(C)(C)O)c1ccccc1S(C)(=O)=O. The van der Waals surface area contributed by atoms with Gasteiger partial charge < -0.3 is 10.0 Å². The number of anilines is 1. The van der Waals surface area contributed by atoms with Crippen molar-refractivity contribution in [3.05, 3.63) is 24.3 Å². The van der Waals surface area contributed by atoms with Crippen molar-refractivity contribution in [3.63, 3.8) is 0 Å². The summed E-state index contributed by atoms with van der Waals surface area (Å²) in [5.41, 5.74) is -0.267. The molecule has 0 fully saturated rings. The Labute approximate surface area is 103 Å². The van der Waals surface area contributed by atoms with Gasteiger partial charge in [0, 0.05) is 19.8 Å². The minimum absolute atomic E-state index is 0.284. The largest absolute Gasteiger partial charge is 0.389 e. The number of para-hydroxylation sites is 1. The van der Waals surface area contributed by atoms with Gasteiger partial charge in [0.25, 0.3) is 0 Å². The molecule has 5 heteroatoms. The minimum Gasteiger partial charge on any atom is -0.389 e. The molecule has 0 radical (unpaired) electrons. The summed E-state index contributed by atoms with van der Waals surface area (Å²) >= 11 is 0. The monoisotopic (exact) mass is 257 g/mol. The molecule has 96 valence electrons. The summed E-state index contributed by atoms with van der Waals surface area (Å²) in [6.07, 6.45) is 1.18. The molecule has 0 atom stereocenters. The second-order valence-electron chi connectivity index (χ2n) is 4.91. The molecular formula is C12H19NO3S. The van der Waals surface area contributed by atoms with E-state index in [4.69, 9.17) is 0 Å². The van der Waals surface area contributed by atoms with Crippen LogP contribution in [0, 0.1) is 0 Å². The Morgan fingerprint density at radius 1 is 1.29 bits per heavy atom. The number of nitrogens with zero attached hydrogens (tertiary/aromatic N) is 1. The van der Waals surface area contributed by atoms with Gasteiger partial charge in [0.05, 0.1) is 16.2 Å². The quantitative estimate of drug-likeness (QED) is 0.883. The molecule has 0 spiro atoms. The highest BCUT2D eigenvalue weighted by Gasteiger charge is 2.20. The fourth-order valence-electron chi connectivity index (χ4n) is 1.75. The van der Waals surface area contributed by atoms with Crippen molar-refractivity contribution in [1.29, 1.82) is 0 Å². The first-order chi connectivity index (χ1) is 7.61. The lowest BCUT2D eigenvalue weighted by Crippen LogP contribution is -2.36. The van der Waals surface area contributed by atoms with Crippen LogP contribution in [0.2, 0.25) is 0 Å². The molecule has 0 saturated carbocycles. The lowest BCUT2D eigenvalue weighted by atomic mass is 10.1. The van der Waals surface area contributed by atoms with E-state index in [-0.39, 0.29) is 4.90 Å². The van der Waals surface area contributed by atoms with Crippen LogP contribution in [0.15, 0.2) is 29.2 Å². The van der Waals surface area contributed by atoms with Gasteiger partial charge in [0.1, 0.15) is 0 Å². The highest BCUT2D eigenvalue weighted by Crippen LogP contribution is 2.24. The zero-order valence-corrected chi connectivity index (χ0v) is 11.5. The Bertz CT molecular complexity index is 489. The Hall–Kier alpha value is -1.07. The molecule has 0 aliphatic heterocycles. The van der Waals surface area contributed by atoms with E-state index in [1.807, 2.05) is 0 Å². The van der Waals surface area contributed by atoms with Gasteiger partial charge in [0.15, 0.2) is 9.84 Å². The molecule has 1 aromatic rings.